The van der Waals surface area contributed by atoms with Crippen LogP contribution in [0, 0.1) is 5.92 Å². The predicted molar refractivity (Wildman–Crippen MR) is 121 cm³/mol. The van der Waals surface area contributed by atoms with Crippen molar-refractivity contribution in [2.75, 3.05) is 58.3 Å². The first kappa shape index (κ1) is 20.7. The van der Waals surface area contributed by atoms with Gasteiger partial charge in [-0.3, -0.25) is 4.99 Å². The first-order chi connectivity index (χ1) is 14.7. The lowest BCUT2D eigenvalue weighted by Crippen LogP contribution is -2.49. The van der Waals surface area contributed by atoms with Crippen LogP contribution >= 0.6 is 0 Å². The highest BCUT2D eigenvalue weighted by Crippen LogP contribution is 2.27. The van der Waals surface area contributed by atoms with Gasteiger partial charge in [0, 0.05) is 77.0 Å². The molecular formula is C22H34N8. The molecule has 2 aliphatic heterocycles. The van der Waals surface area contributed by atoms with Crippen LogP contribution in [0.2, 0.25) is 0 Å². The third-order valence-corrected chi connectivity index (χ3v) is 6.45. The first-order valence-electron chi connectivity index (χ1n) is 11.0. The molecule has 2 fully saturated rings. The lowest BCUT2D eigenvalue weighted by molar-refractivity contribution is 0.189. The zero-order chi connectivity index (χ0) is 20.9. The Labute approximate surface area is 179 Å². The molecule has 162 valence electrons. The quantitative estimate of drug-likeness (QED) is 0.611. The summed E-state index contributed by atoms with van der Waals surface area (Å²) in [5.41, 5.74) is 1.22. The number of rotatable bonds is 4. The fraction of sp³-hybridized carbons (Fsp3) is 0.591. The van der Waals surface area contributed by atoms with Crippen molar-refractivity contribution >= 4 is 11.8 Å². The summed E-state index contributed by atoms with van der Waals surface area (Å²) >= 11 is 0. The number of aromatic nitrogens is 3. The molecule has 0 aromatic carbocycles. The fourth-order valence-electron chi connectivity index (χ4n) is 4.47. The lowest BCUT2D eigenvalue weighted by atomic mass is 9.93. The Balaban J connectivity index is 1.42. The van der Waals surface area contributed by atoms with Gasteiger partial charge in [0.05, 0.1) is 12.4 Å². The van der Waals surface area contributed by atoms with Gasteiger partial charge in [-0.25, -0.2) is 9.97 Å². The molecule has 4 rings (SSSR count). The monoisotopic (exact) mass is 410 g/mol. The zero-order valence-electron chi connectivity index (χ0n) is 18.4. The van der Waals surface area contributed by atoms with Crippen molar-refractivity contribution in [1.82, 2.24) is 29.7 Å². The number of anilines is 1. The summed E-state index contributed by atoms with van der Waals surface area (Å²) in [6.45, 7) is 9.21. The molecule has 2 unspecified atom stereocenters. The van der Waals surface area contributed by atoms with Crippen LogP contribution in [-0.2, 0) is 6.54 Å². The highest BCUT2D eigenvalue weighted by Gasteiger charge is 2.29. The van der Waals surface area contributed by atoms with Crippen LogP contribution < -0.4 is 10.2 Å². The van der Waals surface area contributed by atoms with Gasteiger partial charge in [0.15, 0.2) is 5.96 Å². The molecule has 2 aliphatic rings. The van der Waals surface area contributed by atoms with E-state index in [1.807, 2.05) is 31.8 Å². The maximum atomic E-state index is 4.70. The van der Waals surface area contributed by atoms with Crippen LogP contribution in [0.1, 0.15) is 24.9 Å². The van der Waals surface area contributed by atoms with Crippen LogP contribution in [0.4, 0.5) is 5.82 Å². The number of aliphatic imine (C=N–C) groups is 1. The molecule has 0 radical (unpaired) electrons. The lowest BCUT2D eigenvalue weighted by Gasteiger charge is -2.39. The summed E-state index contributed by atoms with van der Waals surface area (Å²) in [7, 11) is 4.05. The van der Waals surface area contributed by atoms with Crippen molar-refractivity contribution in [2.45, 2.75) is 25.9 Å². The van der Waals surface area contributed by atoms with Gasteiger partial charge in [0.2, 0.25) is 0 Å². The molecule has 2 aromatic rings. The summed E-state index contributed by atoms with van der Waals surface area (Å²) < 4.78 is 2.23. The second-order valence-corrected chi connectivity index (χ2v) is 8.47. The van der Waals surface area contributed by atoms with E-state index >= 15 is 0 Å². The number of likely N-dealkylation sites (tertiary alicyclic amines) is 1. The maximum Gasteiger partial charge on any atom is 0.193 e. The minimum atomic E-state index is 0.416. The van der Waals surface area contributed by atoms with Crippen molar-refractivity contribution in [1.29, 1.82) is 0 Å². The van der Waals surface area contributed by atoms with Gasteiger partial charge in [-0.1, -0.05) is 13.0 Å². The molecule has 8 heteroatoms. The summed E-state index contributed by atoms with van der Waals surface area (Å²) in [5, 5.41) is 3.60. The number of nitrogens with one attached hydrogen (secondary N) is 1. The Morgan fingerprint density at radius 2 is 2.03 bits per heavy atom. The normalized spacial score (nSPS) is 23.6. The standard InChI is InChI=1S/C22H34N8/c1-18-6-9-29(16-20(18)30-10-8-24-17-30)22(23-2)26-15-19-5-4-7-25-21(19)28-13-11-27(3)12-14-28/h4-5,7-8,10,17-18,20H,6,9,11-16H2,1-3H3,(H,23,26). The van der Waals surface area contributed by atoms with E-state index in [9.17, 15) is 0 Å². The highest BCUT2D eigenvalue weighted by molar-refractivity contribution is 5.80. The van der Waals surface area contributed by atoms with Gasteiger partial charge in [0.1, 0.15) is 5.82 Å². The van der Waals surface area contributed by atoms with Gasteiger partial charge in [-0.05, 0) is 25.5 Å². The minimum absolute atomic E-state index is 0.416. The molecule has 2 aromatic heterocycles. The minimum Gasteiger partial charge on any atom is -0.354 e. The van der Waals surface area contributed by atoms with Gasteiger partial charge >= 0.3 is 0 Å². The van der Waals surface area contributed by atoms with Crippen molar-refractivity contribution in [2.24, 2.45) is 10.9 Å². The van der Waals surface area contributed by atoms with E-state index in [0.29, 0.717) is 12.0 Å². The van der Waals surface area contributed by atoms with E-state index in [1.165, 1.54) is 5.56 Å². The van der Waals surface area contributed by atoms with Gasteiger partial charge < -0.3 is 24.6 Å². The first-order valence-corrected chi connectivity index (χ1v) is 11.0. The third kappa shape index (κ3) is 4.59. The Morgan fingerprint density at radius 1 is 1.20 bits per heavy atom. The second kappa shape index (κ2) is 9.47. The number of hydrogen-bond donors (Lipinski definition) is 1. The molecule has 0 aliphatic carbocycles. The Bertz CT molecular complexity index is 825. The van der Waals surface area contributed by atoms with Crippen LogP contribution in [0.25, 0.3) is 0 Å². The van der Waals surface area contributed by atoms with Crippen LogP contribution in [0.5, 0.6) is 0 Å². The third-order valence-electron chi connectivity index (χ3n) is 6.45. The predicted octanol–water partition coefficient (Wildman–Crippen LogP) is 1.69. The fourth-order valence-corrected chi connectivity index (χ4v) is 4.47. The van der Waals surface area contributed by atoms with Crippen molar-refractivity contribution in [3.05, 3.63) is 42.6 Å². The molecule has 0 amide bonds. The van der Waals surface area contributed by atoms with E-state index in [-0.39, 0.29) is 0 Å². The molecule has 30 heavy (non-hydrogen) atoms. The van der Waals surface area contributed by atoms with Gasteiger partial charge in [-0.15, -0.1) is 0 Å². The number of nitrogens with zero attached hydrogens (tertiary/aromatic N) is 7. The van der Waals surface area contributed by atoms with Crippen LogP contribution in [0.15, 0.2) is 42.0 Å². The molecule has 1 N–H and O–H groups in total. The maximum absolute atomic E-state index is 4.70. The number of likely N-dealkylation sites (N-methyl/N-ethyl adjacent to an activating group) is 1. The molecule has 8 nitrogen and oxygen atoms in total. The molecule has 2 atom stereocenters. The Morgan fingerprint density at radius 3 is 2.77 bits per heavy atom. The number of imidazole rings is 1. The molecule has 4 heterocycles. The largest absolute Gasteiger partial charge is 0.354 e. The molecule has 0 saturated carbocycles. The van der Waals surface area contributed by atoms with E-state index in [2.05, 4.69) is 60.8 Å². The number of piperidine rings is 1. The van der Waals surface area contributed by atoms with E-state index in [1.54, 1.807) is 0 Å². The molecule has 0 spiro atoms. The molecular weight excluding hydrogens is 376 g/mol. The Hall–Kier alpha value is -2.61. The molecule has 2 saturated heterocycles. The summed E-state index contributed by atoms with van der Waals surface area (Å²) in [5.74, 6) is 2.67. The number of hydrogen-bond acceptors (Lipinski definition) is 5. The van der Waals surface area contributed by atoms with Gasteiger partial charge in [-0.2, -0.15) is 0 Å². The molecule has 0 bridgehead atoms. The SMILES string of the molecule is CN=C(NCc1cccnc1N1CCN(C)CC1)N1CCC(C)C(n2ccnc2)C1. The van der Waals surface area contributed by atoms with Crippen LogP contribution in [0.3, 0.4) is 0 Å². The second-order valence-electron chi connectivity index (χ2n) is 8.47. The topological polar surface area (TPSA) is 64.8 Å². The Kier molecular flexibility index (Phi) is 6.52. The van der Waals surface area contributed by atoms with E-state index in [0.717, 1.165) is 64.0 Å². The summed E-state index contributed by atoms with van der Waals surface area (Å²) in [6, 6.07) is 4.61. The zero-order valence-corrected chi connectivity index (χ0v) is 18.4. The number of piperazine rings is 1. The highest BCUT2D eigenvalue weighted by atomic mass is 15.3. The van der Waals surface area contributed by atoms with Crippen LogP contribution in [-0.4, -0.2) is 83.7 Å². The average molecular weight is 411 g/mol. The number of pyridine rings is 1. The van der Waals surface area contributed by atoms with Gasteiger partial charge in [0.25, 0.3) is 0 Å². The van der Waals surface area contributed by atoms with Crippen molar-refractivity contribution in [3.63, 3.8) is 0 Å². The van der Waals surface area contributed by atoms with Crippen molar-refractivity contribution < 1.29 is 0 Å². The summed E-state index contributed by atoms with van der Waals surface area (Å²) in [4.78, 5) is 20.7. The van der Waals surface area contributed by atoms with E-state index in [4.69, 9.17) is 4.98 Å². The summed E-state index contributed by atoms with van der Waals surface area (Å²) in [6.07, 6.45) is 8.90. The number of guanidine groups is 1. The van der Waals surface area contributed by atoms with E-state index < -0.39 is 0 Å². The van der Waals surface area contributed by atoms with Crippen molar-refractivity contribution in [3.8, 4) is 0 Å². The smallest absolute Gasteiger partial charge is 0.193 e. The average Bonchev–Trinajstić information content (AvgIpc) is 3.31.